The Bertz CT molecular complexity index is 778. The topological polar surface area (TPSA) is 118 Å². The van der Waals surface area contributed by atoms with Gasteiger partial charge in [0.05, 0.1) is 16.8 Å². The Morgan fingerprint density at radius 2 is 1.71 bits per heavy atom. The first-order valence-electron chi connectivity index (χ1n) is 7.12. The minimum absolute atomic E-state index is 0. The van der Waals surface area contributed by atoms with Crippen molar-refractivity contribution >= 4 is 38.1 Å². The normalized spacial score (nSPS) is 21.8. The van der Waals surface area contributed by atoms with Crippen LogP contribution in [-0.4, -0.2) is 35.2 Å². The summed E-state index contributed by atoms with van der Waals surface area (Å²) in [6.45, 7) is 0. The number of rotatable bonds is 5. The second kappa shape index (κ2) is 7.96. The van der Waals surface area contributed by atoms with Crippen LogP contribution in [0.3, 0.4) is 0 Å². The molecule has 1 aliphatic carbocycles. The molecule has 138 valence electrons. The Morgan fingerprint density at radius 3 is 2.21 bits per heavy atom. The van der Waals surface area contributed by atoms with E-state index < -0.39 is 25.9 Å². The van der Waals surface area contributed by atoms with E-state index in [1.54, 1.807) is 0 Å². The van der Waals surface area contributed by atoms with Crippen LogP contribution in [0.4, 0.5) is 10.1 Å². The maximum Gasteiger partial charge on any atom is 0.240 e. The fraction of sp³-hybridized carbons (Fsp3) is 0.538. The molecular weight excluding hydrogens is 381 g/mol. The lowest BCUT2D eigenvalue weighted by atomic mass is 9.93. The van der Waals surface area contributed by atoms with Gasteiger partial charge in [-0.3, -0.25) is 4.72 Å². The lowest BCUT2D eigenvalue weighted by molar-refractivity contribution is 0.373. The van der Waals surface area contributed by atoms with Crippen molar-refractivity contribution in [2.24, 2.45) is 5.73 Å². The SMILES string of the molecule is CS(=O)(=O)Nc1ccc(S(=O)(=O)NC2CCC(N)CC2)cc1F.Cl. The molecule has 4 N–H and O–H groups in total. The molecule has 1 aromatic rings. The molecule has 1 saturated carbocycles. The molecule has 0 aliphatic heterocycles. The second-order valence-electron chi connectivity index (χ2n) is 5.75. The highest BCUT2D eigenvalue weighted by molar-refractivity contribution is 7.92. The van der Waals surface area contributed by atoms with E-state index in [0.717, 1.165) is 37.3 Å². The smallest absolute Gasteiger partial charge is 0.240 e. The molecule has 0 aromatic heterocycles. The zero-order chi connectivity index (χ0) is 17.3. The standard InChI is InChI=1S/C13H20FN3O4S2.ClH/c1-22(18,19)17-13-7-6-11(8-12(13)14)23(20,21)16-10-4-2-9(15)3-5-10;/h6-10,16-17H,2-5,15H2,1H3;1H. The molecule has 1 aliphatic rings. The first-order chi connectivity index (χ1) is 10.6. The number of hydrogen-bond donors (Lipinski definition) is 3. The predicted molar refractivity (Wildman–Crippen MR) is 92.7 cm³/mol. The zero-order valence-electron chi connectivity index (χ0n) is 13.0. The zero-order valence-corrected chi connectivity index (χ0v) is 15.5. The Hall–Kier alpha value is -0.940. The monoisotopic (exact) mass is 401 g/mol. The van der Waals surface area contributed by atoms with Gasteiger partial charge < -0.3 is 5.73 Å². The van der Waals surface area contributed by atoms with E-state index in [1.807, 2.05) is 4.72 Å². The van der Waals surface area contributed by atoms with Crippen LogP contribution < -0.4 is 15.2 Å². The van der Waals surface area contributed by atoms with E-state index >= 15 is 0 Å². The molecule has 1 aromatic carbocycles. The molecule has 0 spiro atoms. The van der Waals surface area contributed by atoms with E-state index in [4.69, 9.17) is 5.73 Å². The third-order valence-corrected chi connectivity index (χ3v) is 5.75. The summed E-state index contributed by atoms with van der Waals surface area (Å²) >= 11 is 0. The van der Waals surface area contributed by atoms with Crippen molar-refractivity contribution in [3.8, 4) is 0 Å². The summed E-state index contributed by atoms with van der Waals surface area (Å²) in [6, 6.07) is 2.91. The first kappa shape index (κ1) is 21.1. The summed E-state index contributed by atoms with van der Waals surface area (Å²) in [5.74, 6) is -0.955. The van der Waals surface area contributed by atoms with Gasteiger partial charge in [0.25, 0.3) is 0 Å². The Balaban J connectivity index is 0.00000288. The van der Waals surface area contributed by atoms with Gasteiger partial charge in [-0.2, -0.15) is 0 Å². The van der Waals surface area contributed by atoms with Crippen molar-refractivity contribution in [3.63, 3.8) is 0 Å². The van der Waals surface area contributed by atoms with E-state index in [-0.39, 0.29) is 35.1 Å². The predicted octanol–water partition coefficient (Wildman–Crippen LogP) is 1.17. The average Bonchev–Trinajstić information content (AvgIpc) is 2.42. The van der Waals surface area contributed by atoms with Crippen LogP contribution in [0.15, 0.2) is 23.1 Å². The molecule has 0 unspecified atom stereocenters. The highest BCUT2D eigenvalue weighted by Crippen LogP contribution is 2.22. The Labute approximate surface area is 147 Å². The van der Waals surface area contributed by atoms with Crippen LogP contribution in [0, 0.1) is 5.82 Å². The molecule has 0 amide bonds. The minimum Gasteiger partial charge on any atom is -0.328 e. The molecule has 0 radical (unpaired) electrons. The molecule has 7 nitrogen and oxygen atoms in total. The van der Waals surface area contributed by atoms with Gasteiger partial charge in [-0.15, -0.1) is 12.4 Å². The van der Waals surface area contributed by atoms with Crippen LogP contribution >= 0.6 is 12.4 Å². The number of nitrogens with two attached hydrogens (primary N) is 1. The quantitative estimate of drug-likeness (QED) is 0.684. The Morgan fingerprint density at radius 1 is 1.12 bits per heavy atom. The average molecular weight is 402 g/mol. The van der Waals surface area contributed by atoms with Crippen molar-refractivity contribution in [2.45, 2.75) is 42.7 Å². The van der Waals surface area contributed by atoms with Gasteiger partial charge in [-0.1, -0.05) is 0 Å². The van der Waals surface area contributed by atoms with Crippen LogP contribution in [0.5, 0.6) is 0 Å². The van der Waals surface area contributed by atoms with Gasteiger partial charge >= 0.3 is 0 Å². The molecule has 1 fully saturated rings. The summed E-state index contributed by atoms with van der Waals surface area (Å²) in [5.41, 5.74) is 5.48. The fourth-order valence-corrected chi connectivity index (χ4v) is 4.35. The molecular formula is C13H21ClFN3O4S2. The van der Waals surface area contributed by atoms with Crippen LogP contribution in [0.2, 0.25) is 0 Å². The maximum atomic E-state index is 13.9. The summed E-state index contributed by atoms with van der Waals surface area (Å²) in [6.07, 6.45) is 3.62. The van der Waals surface area contributed by atoms with Crippen molar-refractivity contribution in [2.75, 3.05) is 11.0 Å². The van der Waals surface area contributed by atoms with Crippen LogP contribution in [-0.2, 0) is 20.0 Å². The number of benzene rings is 1. The maximum absolute atomic E-state index is 13.9. The highest BCUT2D eigenvalue weighted by atomic mass is 35.5. The van der Waals surface area contributed by atoms with Crippen molar-refractivity contribution in [3.05, 3.63) is 24.0 Å². The molecule has 2 rings (SSSR count). The third kappa shape index (κ3) is 5.85. The van der Waals surface area contributed by atoms with Crippen molar-refractivity contribution in [1.29, 1.82) is 0 Å². The third-order valence-electron chi connectivity index (χ3n) is 3.64. The molecule has 11 heteroatoms. The first-order valence-corrected chi connectivity index (χ1v) is 10.5. The summed E-state index contributed by atoms with van der Waals surface area (Å²) < 4.78 is 65.2. The lowest BCUT2D eigenvalue weighted by Gasteiger charge is -2.26. The number of sulfonamides is 2. The molecule has 0 bridgehead atoms. The van der Waals surface area contributed by atoms with Gasteiger partial charge in [0, 0.05) is 12.1 Å². The molecule has 0 saturated heterocycles. The molecule has 0 atom stereocenters. The van der Waals surface area contributed by atoms with Crippen LogP contribution in [0.25, 0.3) is 0 Å². The van der Waals surface area contributed by atoms with Crippen molar-refractivity contribution < 1.29 is 21.2 Å². The van der Waals surface area contributed by atoms with Gasteiger partial charge in [0.1, 0.15) is 5.82 Å². The van der Waals surface area contributed by atoms with Gasteiger partial charge in [0.2, 0.25) is 20.0 Å². The van der Waals surface area contributed by atoms with E-state index in [0.29, 0.717) is 12.8 Å². The Kier molecular flexibility index (Phi) is 7.00. The van der Waals surface area contributed by atoms with Crippen LogP contribution in [0.1, 0.15) is 25.7 Å². The van der Waals surface area contributed by atoms with Crippen molar-refractivity contribution in [1.82, 2.24) is 4.72 Å². The van der Waals surface area contributed by atoms with E-state index in [9.17, 15) is 21.2 Å². The van der Waals surface area contributed by atoms with E-state index in [2.05, 4.69) is 4.72 Å². The van der Waals surface area contributed by atoms with Gasteiger partial charge in [0.15, 0.2) is 0 Å². The van der Waals surface area contributed by atoms with E-state index in [1.165, 1.54) is 0 Å². The largest absolute Gasteiger partial charge is 0.328 e. The highest BCUT2D eigenvalue weighted by Gasteiger charge is 2.25. The summed E-state index contributed by atoms with van der Waals surface area (Å²) in [4.78, 5) is -0.246. The summed E-state index contributed by atoms with van der Waals surface area (Å²) in [5, 5.41) is 0. The lowest BCUT2D eigenvalue weighted by Crippen LogP contribution is -2.40. The molecule has 0 heterocycles. The molecule has 24 heavy (non-hydrogen) atoms. The second-order valence-corrected chi connectivity index (χ2v) is 9.21. The van der Waals surface area contributed by atoms with Gasteiger partial charge in [-0.25, -0.2) is 25.9 Å². The summed E-state index contributed by atoms with van der Waals surface area (Å²) in [7, 11) is -7.51. The number of hydrogen-bond acceptors (Lipinski definition) is 5. The van der Waals surface area contributed by atoms with Gasteiger partial charge in [-0.05, 0) is 43.9 Å². The number of nitrogens with one attached hydrogen (secondary N) is 2. The minimum atomic E-state index is -3.87. The number of halogens is 2. The number of anilines is 1. The fourth-order valence-electron chi connectivity index (χ4n) is 2.47.